The van der Waals surface area contributed by atoms with Crippen LogP contribution in [0.25, 0.3) is 0 Å². The first-order valence-electron chi connectivity index (χ1n) is 4.87. The van der Waals surface area contributed by atoms with E-state index in [1.54, 1.807) is 0 Å². The molecule has 0 amide bonds. The number of nitrogens with zero attached hydrogens (tertiary/aromatic N) is 4. The van der Waals surface area contributed by atoms with Crippen LogP contribution in [0.5, 0.6) is 0 Å². The highest BCUT2D eigenvalue weighted by molar-refractivity contribution is 9.10. The predicted octanol–water partition coefficient (Wildman–Crippen LogP) is 1.84. The Bertz CT molecular complexity index is 378. The molecule has 0 saturated heterocycles. The Balaban J connectivity index is 2.83. The Hall–Kier alpha value is -0.860. The Morgan fingerprint density at radius 1 is 1.60 bits per heavy atom. The molecule has 1 heterocycles. The zero-order valence-corrected chi connectivity index (χ0v) is 10.9. The first-order chi connectivity index (χ1) is 7.10. The average Bonchev–Trinajstić information content (AvgIpc) is 2.44. The standard InChI is InChI=1S/C10H15BrN4/c1-4-15(6-5-12)7-9-10(11)8(2)13-14(9)3/h4,6-7H2,1-3H3. The van der Waals surface area contributed by atoms with E-state index >= 15 is 0 Å². The van der Waals surface area contributed by atoms with Crippen molar-refractivity contribution < 1.29 is 0 Å². The molecule has 0 atom stereocenters. The lowest BCUT2D eigenvalue weighted by Gasteiger charge is -2.16. The van der Waals surface area contributed by atoms with Crippen molar-refractivity contribution in [3.05, 3.63) is 15.9 Å². The minimum atomic E-state index is 0.452. The highest BCUT2D eigenvalue weighted by Crippen LogP contribution is 2.21. The summed E-state index contributed by atoms with van der Waals surface area (Å²) in [4.78, 5) is 2.07. The van der Waals surface area contributed by atoms with E-state index in [4.69, 9.17) is 5.26 Å². The van der Waals surface area contributed by atoms with Gasteiger partial charge in [-0.05, 0) is 29.4 Å². The first kappa shape index (κ1) is 12.2. The topological polar surface area (TPSA) is 44.9 Å². The molecule has 0 saturated carbocycles. The molecule has 0 bridgehead atoms. The molecule has 1 aromatic heterocycles. The second-order valence-electron chi connectivity index (χ2n) is 3.43. The first-order valence-corrected chi connectivity index (χ1v) is 5.66. The van der Waals surface area contributed by atoms with Crippen molar-refractivity contribution in [1.82, 2.24) is 14.7 Å². The molecule has 0 fully saturated rings. The van der Waals surface area contributed by atoms with E-state index in [9.17, 15) is 0 Å². The second-order valence-corrected chi connectivity index (χ2v) is 4.22. The van der Waals surface area contributed by atoms with Gasteiger partial charge in [-0.3, -0.25) is 9.58 Å². The van der Waals surface area contributed by atoms with Crippen molar-refractivity contribution in [2.45, 2.75) is 20.4 Å². The highest BCUT2D eigenvalue weighted by Gasteiger charge is 2.13. The van der Waals surface area contributed by atoms with Gasteiger partial charge >= 0.3 is 0 Å². The molecular formula is C10H15BrN4. The fourth-order valence-electron chi connectivity index (χ4n) is 1.44. The van der Waals surface area contributed by atoms with Crippen LogP contribution in [0.15, 0.2) is 4.47 Å². The lowest BCUT2D eigenvalue weighted by molar-refractivity contribution is 0.305. The molecule has 1 aromatic rings. The van der Waals surface area contributed by atoms with Crippen LogP contribution in [0.4, 0.5) is 0 Å². The summed E-state index contributed by atoms with van der Waals surface area (Å²) in [6.45, 7) is 6.09. The largest absolute Gasteiger partial charge is 0.285 e. The Morgan fingerprint density at radius 2 is 2.27 bits per heavy atom. The van der Waals surface area contributed by atoms with Gasteiger partial charge in [0.15, 0.2) is 0 Å². The van der Waals surface area contributed by atoms with E-state index in [2.05, 4.69) is 38.9 Å². The summed E-state index contributed by atoms with van der Waals surface area (Å²) in [5.41, 5.74) is 2.10. The number of halogens is 1. The third-order valence-electron chi connectivity index (χ3n) is 2.38. The van der Waals surface area contributed by atoms with Crippen molar-refractivity contribution in [2.24, 2.45) is 7.05 Å². The SMILES string of the molecule is CCN(CC#N)Cc1c(Br)c(C)nn1C. The monoisotopic (exact) mass is 270 g/mol. The molecule has 0 unspecified atom stereocenters. The number of aryl methyl sites for hydroxylation is 2. The predicted molar refractivity (Wildman–Crippen MR) is 62.2 cm³/mol. The van der Waals surface area contributed by atoms with Crippen molar-refractivity contribution >= 4 is 15.9 Å². The fraction of sp³-hybridized carbons (Fsp3) is 0.600. The maximum Gasteiger partial charge on any atom is 0.0869 e. The van der Waals surface area contributed by atoms with Crippen molar-refractivity contribution in [3.8, 4) is 6.07 Å². The summed E-state index contributed by atoms with van der Waals surface area (Å²) < 4.78 is 2.90. The second kappa shape index (κ2) is 5.29. The average molecular weight is 271 g/mol. The molecule has 82 valence electrons. The van der Waals surface area contributed by atoms with Crippen LogP contribution in [0.3, 0.4) is 0 Å². The Morgan fingerprint density at radius 3 is 2.67 bits per heavy atom. The molecule has 5 heteroatoms. The summed E-state index contributed by atoms with van der Waals surface area (Å²) in [5.74, 6) is 0. The molecule has 4 nitrogen and oxygen atoms in total. The normalized spacial score (nSPS) is 10.7. The lowest BCUT2D eigenvalue weighted by Crippen LogP contribution is -2.24. The molecule has 0 aliphatic carbocycles. The van der Waals surface area contributed by atoms with E-state index in [-0.39, 0.29) is 0 Å². The van der Waals surface area contributed by atoms with Gasteiger partial charge in [-0.2, -0.15) is 10.4 Å². The highest BCUT2D eigenvalue weighted by atomic mass is 79.9. The molecule has 0 N–H and O–H groups in total. The lowest BCUT2D eigenvalue weighted by atomic mass is 10.3. The maximum absolute atomic E-state index is 8.66. The van der Waals surface area contributed by atoms with Crippen LogP contribution in [-0.4, -0.2) is 27.8 Å². The summed E-state index contributed by atoms with van der Waals surface area (Å²) in [7, 11) is 1.92. The van der Waals surface area contributed by atoms with Gasteiger partial charge in [0.25, 0.3) is 0 Å². The molecule has 0 aromatic carbocycles. The Labute approximate surface area is 98.6 Å². The van der Waals surface area contributed by atoms with Gasteiger partial charge in [0.05, 0.1) is 28.5 Å². The smallest absolute Gasteiger partial charge is 0.0869 e. The summed E-state index contributed by atoms with van der Waals surface area (Å²) >= 11 is 3.52. The Kier molecular flexibility index (Phi) is 4.30. The van der Waals surface area contributed by atoms with Crippen molar-refractivity contribution in [1.29, 1.82) is 5.26 Å². The van der Waals surface area contributed by atoms with Crippen molar-refractivity contribution in [2.75, 3.05) is 13.1 Å². The molecule has 0 aliphatic heterocycles. The van der Waals surface area contributed by atoms with Crippen LogP contribution in [0.2, 0.25) is 0 Å². The summed E-state index contributed by atoms with van der Waals surface area (Å²) in [6.07, 6.45) is 0. The van der Waals surface area contributed by atoms with Gasteiger partial charge in [0.1, 0.15) is 0 Å². The van der Waals surface area contributed by atoms with Crippen LogP contribution in [-0.2, 0) is 13.6 Å². The molecule has 0 spiro atoms. The van der Waals surface area contributed by atoms with Crippen molar-refractivity contribution in [3.63, 3.8) is 0 Å². The number of aromatic nitrogens is 2. The van der Waals surface area contributed by atoms with Gasteiger partial charge < -0.3 is 0 Å². The number of nitriles is 1. The minimum Gasteiger partial charge on any atom is -0.285 e. The fourth-order valence-corrected chi connectivity index (χ4v) is 1.90. The third-order valence-corrected chi connectivity index (χ3v) is 3.41. The third kappa shape index (κ3) is 2.80. The molecule has 0 aliphatic rings. The zero-order chi connectivity index (χ0) is 11.4. The van der Waals surface area contributed by atoms with Gasteiger partial charge in [-0.25, -0.2) is 0 Å². The minimum absolute atomic E-state index is 0.452. The number of hydrogen-bond acceptors (Lipinski definition) is 3. The van der Waals surface area contributed by atoms with E-state index < -0.39 is 0 Å². The van der Waals surface area contributed by atoms with Gasteiger partial charge in [-0.1, -0.05) is 6.92 Å². The van der Waals surface area contributed by atoms with Crippen LogP contribution >= 0.6 is 15.9 Å². The van der Waals surface area contributed by atoms with Crippen LogP contribution in [0, 0.1) is 18.3 Å². The van der Waals surface area contributed by atoms with Crippen LogP contribution < -0.4 is 0 Å². The zero-order valence-electron chi connectivity index (χ0n) is 9.29. The summed E-state index contributed by atoms with van der Waals surface area (Å²) in [6, 6.07) is 2.17. The van der Waals surface area contributed by atoms with E-state index in [1.165, 1.54) is 0 Å². The quantitative estimate of drug-likeness (QED) is 0.785. The van der Waals surface area contributed by atoms with Gasteiger partial charge in [0, 0.05) is 13.6 Å². The van der Waals surface area contributed by atoms with Gasteiger partial charge in [-0.15, -0.1) is 0 Å². The van der Waals surface area contributed by atoms with E-state index in [1.807, 2.05) is 18.7 Å². The summed E-state index contributed by atoms with van der Waals surface area (Å²) in [5, 5.41) is 13.0. The molecule has 15 heavy (non-hydrogen) atoms. The van der Waals surface area contributed by atoms with Gasteiger partial charge in [0.2, 0.25) is 0 Å². The van der Waals surface area contributed by atoms with Crippen LogP contribution in [0.1, 0.15) is 18.3 Å². The number of rotatable bonds is 4. The number of hydrogen-bond donors (Lipinski definition) is 0. The van der Waals surface area contributed by atoms with E-state index in [0.29, 0.717) is 6.54 Å². The van der Waals surface area contributed by atoms with E-state index in [0.717, 1.165) is 29.0 Å². The molecular weight excluding hydrogens is 256 g/mol. The molecule has 0 radical (unpaired) electrons. The molecule has 1 rings (SSSR count). The maximum atomic E-state index is 8.66.